The molecule has 15 heavy (non-hydrogen) atoms. The van der Waals surface area contributed by atoms with Crippen molar-refractivity contribution in [2.24, 2.45) is 0 Å². The number of carbonyl (C=O) groups excluding carboxylic acids is 2. The molecule has 0 unspecified atom stereocenters. The third-order valence-electron chi connectivity index (χ3n) is 2.69. The van der Waals surface area contributed by atoms with Gasteiger partial charge in [-0.15, -0.1) is 0 Å². The number of carbonyl (C=O) groups is 2. The zero-order valence-electron chi connectivity index (χ0n) is 8.69. The van der Waals surface area contributed by atoms with Crippen molar-refractivity contribution >= 4 is 11.7 Å². The van der Waals surface area contributed by atoms with Gasteiger partial charge in [-0.05, 0) is 18.6 Å². The van der Waals surface area contributed by atoms with Crippen molar-refractivity contribution in [1.82, 2.24) is 4.90 Å². The molecule has 78 valence electrons. The number of rotatable bonds is 1. The van der Waals surface area contributed by atoms with Crippen LogP contribution in [0, 0.1) is 6.92 Å². The first-order valence-electron chi connectivity index (χ1n) is 5.05. The Hall–Kier alpha value is -1.64. The summed E-state index contributed by atoms with van der Waals surface area (Å²) < 4.78 is 0. The number of Topliss-reactive ketones (excluding diaryl/α,β-unsaturated/α-hetero) is 1. The monoisotopic (exact) mass is 203 g/mol. The highest BCUT2D eigenvalue weighted by atomic mass is 16.2. The molecule has 1 aliphatic rings. The molecule has 1 amide bonds. The fourth-order valence-electron chi connectivity index (χ4n) is 1.79. The van der Waals surface area contributed by atoms with Gasteiger partial charge in [-0.2, -0.15) is 0 Å². The second kappa shape index (κ2) is 3.85. The molecule has 1 fully saturated rings. The lowest BCUT2D eigenvalue weighted by Crippen LogP contribution is -2.29. The molecule has 0 spiro atoms. The lowest BCUT2D eigenvalue weighted by Gasteiger charge is -2.15. The molecule has 0 bridgehead atoms. The zero-order valence-corrected chi connectivity index (χ0v) is 8.69. The molecule has 1 aliphatic heterocycles. The molecule has 0 atom stereocenters. The van der Waals surface area contributed by atoms with E-state index in [4.69, 9.17) is 0 Å². The van der Waals surface area contributed by atoms with Crippen LogP contribution < -0.4 is 0 Å². The average molecular weight is 203 g/mol. The largest absolute Gasteiger partial charge is 0.331 e. The van der Waals surface area contributed by atoms with E-state index in [2.05, 4.69) is 0 Å². The van der Waals surface area contributed by atoms with E-state index in [0.29, 0.717) is 18.5 Å². The van der Waals surface area contributed by atoms with Crippen molar-refractivity contribution in [3.05, 3.63) is 35.4 Å². The Morgan fingerprint density at radius 1 is 1.33 bits per heavy atom. The molecule has 2 rings (SSSR count). The molecule has 0 N–H and O–H groups in total. The van der Waals surface area contributed by atoms with E-state index in [1.807, 2.05) is 25.1 Å². The van der Waals surface area contributed by atoms with E-state index in [-0.39, 0.29) is 18.2 Å². The molecule has 1 aromatic rings. The summed E-state index contributed by atoms with van der Waals surface area (Å²) in [7, 11) is 0. The molecule has 1 saturated heterocycles. The van der Waals surface area contributed by atoms with Crippen LogP contribution >= 0.6 is 0 Å². The van der Waals surface area contributed by atoms with Gasteiger partial charge < -0.3 is 4.90 Å². The molecular formula is C12H13NO2. The maximum absolute atomic E-state index is 12.0. The summed E-state index contributed by atoms with van der Waals surface area (Å²) in [6, 6.07) is 7.46. The summed E-state index contributed by atoms with van der Waals surface area (Å²) in [6.07, 6.45) is 0.498. The number of likely N-dealkylation sites (tertiary alicyclic amines) is 1. The first kappa shape index (κ1) is 9.90. The van der Waals surface area contributed by atoms with Crippen LogP contribution in [0.1, 0.15) is 22.3 Å². The Bertz CT molecular complexity index is 412. The van der Waals surface area contributed by atoms with Crippen LogP contribution in [0.5, 0.6) is 0 Å². The van der Waals surface area contributed by atoms with Crippen LogP contribution in [-0.4, -0.2) is 29.7 Å². The topological polar surface area (TPSA) is 37.4 Å². The highest BCUT2D eigenvalue weighted by molar-refractivity contribution is 5.99. The van der Waals surface area contributed by atoms with Crippen LogP contribution in [-0.2, 0) is 4.79 Å². The normalized spacial score (nSPS) is 15.8. The highest BCUT2D eigenvalue weighted by Gasteiger charge is 2.25. The van der Waals surface area contributed by atoms with Gasteiger partial charge in [-0.25, -0.2) is 0 Å². The van der Waals surface area contributed by atoms with Gasteiger partial charge >= 0.3 is 0 Å². The van der Waals surface area contributed by atoms with Crippen LogP contribution in [0.3, 0.4) is 0 Å². The summed E-state index contributed by atoms with van der Waals surface area (Å²) in [6.45, 7) is 2.74. The predicted octanol–water partition coefficient (Wildman–Crippen LogP) is 1.41. The molecule has 0 saturated carbocycles. The van der Waals surface area contributed by atoms with Crippen molar-refractivity contribution in [3.63, 3.8) is 0 Å². The summed E-state index contributed by atoms with van der Waals surface area (Å²) in [5.74, 6) is 0.121. The van der Waals surface area contributed by atoms with Gasteiger partial charge in [0.2, 0.25) is 0 Å². The second-order valence-electron chi connectivity index (χ2n) is 3.83. The van der Waals surface area contributed by atoms with Gasteiger partial charge in [-0.1, -0.05) is 18.2 Å². The molecule has 3 nitrogen and oxygen atoms in total. The minimum atomic E-state index is -0.0287. The molecule has 3 heteroatoms. The Morgan fingerprint density at radius 2 is 2.07 bits per heavy atom. The lowest BCUT2D eigenvalue weighted by atomic mass is 10.1. The van der Waals surface area contributed by atoms with Crippen molar-refractivity contribution in [2.75, 3.05) is 13.1 Å². The van der Waals surface area contributed by atoms with E-state index in [9.17, 15) is 9.59 Å². The number of aryl methyl sites for hydroxylation is 1. The molecule has 0 radical (unpaired) electrons. The minimum absolute atomic E-state index is 0.0287. The smallest absolute Gasteiger partial charge is 0.254 e. The van der Waals surface area contributed by atoms with Crippen LogP contribution in [0.2, 0.25) is 0 Å². The number of benzene rings is 1. The Morgan fingerprint density at radius 3 is 2.67 bits per heavy atom. The number of ketones is 1. The number of amides is 1. The highest BCUT2D eigenvalue weighted by Crippen LogP contribution is 2.13. The average Bonchev–Trinajstić information content (AvgIpc) is 2.65. The summed E-state index contributed by atoms with van der Waals surface area (Å²) in [4.78, 5) is 24.7. The SMILES string of the molecule is Cc1ccccc1C(=O)N1CCC(=O)C1. The summed E-state index contributed by atoms with van der Waals surface area (Å²) >= 11 is 0. The van der Waals surface area contributed by atoms with Crippen LogP contribution in [0.15, 0.2) is 24.3 Å². The molecule has 0 aliphatic carbocycles. The number of hydrogen-bond donors (Lipinski definition) is 0. The van der Waals surface area contributed by atoms with E-state index in [1.165, 1.54) is 0 Å². The molecule has 1 aromatic carbocycles. The molecule has 1 heterocycles. The van der Waals surface area contributed by atoms with Crippen molar-refractivity contribution in [1.29, 1.82) is 0 Å². The second-order valence-corrected chi connectivity index (χ2v) is 3.83. The summed E-state index contributed by atoms with van der Waals surface area (Å²) in [5, 5.41) is 0. The zero-order chi connectivity index (χ0) is 10.8. The van der Waals surface area contributed by atoms with Crippen molar-refractivity contribution in [3.8, 4) is 0 Å². The third-order valence-corrected chi connectivity index (χ3v) is 2.69. The number of nitrogens with zero attached hydrogens (tertiary/aromatic N) is 1. The Balaban J connectivity index is 2.21. The van der Waals surface area contributed by atoms with Crippen molar-refractivity contribution in [2.45, 2.75) is 13.3 Å². The van der Waals surface area contributed by atoms with Gasteiger partial charge in [0.05, 0.1) is 6.54 Å². The van der Waals surface area contributed by atoms with E-state index in [1.54, 1.807) is 11.0 Å². The van der Waals surface area contributed by atoms with Gasteiger partial charge in [0.25, 0.3) is 5.91 Å². The van der Waals surface area contributed by atoms with Crippen molar-refractivity contribution < 1.29 is 9.59 Å². The fourth-order valence-corrected chi connectivity index (χ4v) is 1.79. The van der Waals surface area contributed by atoms with E-state index < -0.39 is 0 Å². The lowest BCUT2D eigenvalue weighted by molar-refractivity contribution is -0.116. The molecule has 0 aromatic heterocycles. The minimum Gasteiger partial charge on any atom is -0.331 e. The maximum atomic E-state index is 12.0. The quantitative estimate of drug-likeness (QED) is 0.692. The van der Waals surface area contributed by atoms with E-state index >= 15 is 0 Å². The Kier molecular flexibility index (Phi) is 2.54. The van der Waals surface area contributed by atoms with Crippen LogP contribution in [0.25, 0.3) is 0 Å². The maximum Gasteiger partial charge on any atom is 0.254 e. The third kappa shape index (κ3) is 1.91. The van der Waals surface area contributed by atoms with Crippen LogP contribution in [0.4, 0.5) is 0 Å². The van der Waals surface area contributed by atoms with E-state index in [0.717, 1.165) is 5.56 Å². The fraction of sp³-hybridized carbons (Fsp3) is 0.333. The predicted molar refractivity (Wildman–Crippen MR) is 56.7 cm³/mol. The molecular weight excluding hydrogens is 190 g/mol. The van der Waals surface area contributed by atoms with Gasteiger partial charge in [0.15, 0.2) is 5.78 Å². The van der Waals surface area contributed by atoms with Gasteiger partial charge in [0, 0.05) is 18.5 Å². The standard InChI is InChI=1S/C12H13NO2/c1-9-4-2-3-5-11(9)12(15)13-7-6-10(14)8-13/h2-5H,6-8H2,1H3. The first-order valence-corrected chi connectivity index (χ1v) is 5.05. The Labute approximate surface area is 88.7 Å². The van der Waals surface area contributed by atoms with Gasteiger partial charge in [-0.3, -0.25) is 9.59 Å². The number of hydrogen-bond acceptors (Lipinski definition) is 2. The first-order chi connectivity index (χ1) is 7.18. The van der Waals surface area contributed by atoms with Gasteiger partial charge in [0.1, 0.15) is 0 Å². The summed E-state index contributed by atoms with van der Waals surface area (Å²) in [5.41, 5.74) is 1.66.